The first-order valence-electron chi connectivity index (χ1n) is 7.39. The van der Waals surface area contributed by atoms with Gasteiger partial charge in [0.2, 0.25) is 0 Å². The van der Waals surface area contributed by atoms with Gasteiger partial charge in [-0.05, 0) is 36.1 Å². The van der Waals surface area contributed by atoms with Crippen LogP contribution in [0.4, 0.5) is 0 Å². The molecular formula is C17H21NO3. The molecule has 1 heterocycles. The van der Waals surface area contributed by atoms with Crippen molar-refractivity contribution in [2.45, 2.75) is 31.6 Å². The number of aliphatic hydroxyl groups excluding tert-OH is 1. The predicted molar refractivity (Wildman–Crippen MR) is 80.0 cm³/mol. The van der Waals surface area contributed by atoms with Crippen molar-refractivity contribution in [1.29, 1.82) is 0 Å². The maximum atomic E-state index is 9.94. The van der Waals surface area contributed by atoms with E-state index in [2.05, 4.69) is 29.6 Å². The molecule has 0 saturated heterocycles. The van der Waals surface area contributed by atoms with Gasteiger partial charge in [0.25, 0.3) is 0 Å². The summed E-state index contributed by atoms with van der Waals surface area (Å²) in [6.07, 6.45) is 3.20. The minimum Gasteiger partial charge on any atom is -0.467 e. The van der Waals surface area contributed by atoms with E-state index in [0.717, 1.165) is 18.6 Å². The molecule has 1 aliphatic rings. The Bertz CT molecular complexity index is 528. The summed E-state index contributed by atoms with van der Waals surface area (Å²) in [5.41, 5.74) is 2.83. The van der Waals surface area contributed by atoms with Crippen molar-refractivity contribution >= 4 is 0 Å². The Morgan fingerprint density at radius 1 is 1.19 bits per heavy atom. The Balaban J connectivity index is 1.34. The molecule has 112 valence electrons. The molecule has 1 unspecified atom stereocenters. The molecule has 0 bridgehead atoms. The summed E-state index contributed by atoms with van der Waals surface area (Å²) in [7, 11) is 0. The zero-order valence-corrected chi connectivity index (χ0v) is 12.0. The van der Waals surface area contributed by atoms with Gasteiger partial charge in [-0.3, -0.25) is 0 Å². The number of ether oxygens (including phenoxy) is 1. The Kier molecular flexibility index (Phi) is 4.70. The van der Waals surface area contributed by atoms with Gasteiger partial charge < -0.3 is 19.6 Å². The molecule has 0 aliphatic heterocycles. The lowest BCUT2D eigenvalue weighted by atomic mass is 10.1. The van der Waals surface area contributed by atoms with E-state index in [1.54, 1.807) is 6.26 Å². The predicted octanol–water partition coefficient (Wildman–Crippen LogP) is 1.91. The van der Waals surface area contributed by atoms with Gasteiger partial charge in [-0.15, -0.1) is 0 Å². The quantitative estimate of drug-likeness (QED) is 0.817. The standard InChI is InChI=1S/C17H21NO3/c19-16(11-20-12-17-6-3-7-21-17)10-18-15-8-13-4-1-2-5-14(13)9-15/h1-7,15-16,18-19H,8-12H2. The second-order valence-corrected chi connectivity index (χ2v) is 5.53. The first kappa shape index (κ1) is 14.3. The van der Waals surface area contributed by atoms with Gasteiger partial charge in [-0.2, -0.15) is 0 Å². The number of nitrogens with one attached hydrogen (secondary N) is 1. The summed E-state index contributed by atoms with van der Waals surface area (Å²) in [6, 6.07) is 12.6. The minimum absolute atomic E-state index is 0.313. The number of rotatable bonds is 7. The average molecular weight is 287 g/mol. The van der Waals surface area contributed by atoms with Crippen LogP contribution in [0.25, 0.3) is 0 Å². The fourth-order valence-corrected chi connectivity index (χ4v) is 2.76. The van der Waals surface area contributed by atoms with Crippen molar-refractivity contribution in [2.75, 3.05) is 13.2 Å². The third kappa shape index (κ3) is 3.94. The summed E-state index contributed by atoms with van der Waals surface area (Å²) in [4.78, 5) is 0. The minimum atomic E-state index is -0.497. The molecule has 3 rings (SSSR count). The zero-order chi connectivity index (χ0) is 14.5. The molecule has 1 atom stereocenters. The smallest absolute Gasteiger partial charge is 0.129 e. The number of furan rings is 1. The van der Waals surface area contributed by atoms with Crippen molar-refractivity contribution in [3.8, 4) is 0 Å². The average Bonchev–Trinajstić information content (AvgIpc) is 3.13. The highest BCUT2D eigenvalue weighted by molar-refractivity contribution is 5.33. The van der Waals surface area contributed by atoms with Crippen LogP contribution in [-0.2, 0) is 24.2 Å². The molecule has 0 saturated carbocycles. The highest BCUT2D eigenvalue weighted by Crippen LogP contribution is 2.21. The van der Waals surface area contributed by atoms with Crippen LogP contribution in [0.1, 0.15) is 16.9 Å². The Labute approximate surface area is 124 Å². The SMILES string of the molecule is OC(CNC1Cc2ccccc2C1)COCc1ccco1. The van der Waals surface area contributed by atoms with Crippen molar-refractivity contribution in [3.05, 3.63) is 59.5 Å². The molecule has 2 aromatic rings. The Morgan fingerprint density at radius 2 is 1.95 bits per heavy atom. The zero-order valence-electron chi connectivity index (χ0n) is 12.0. The number of aliphatic hydroxyl groups is 1. The lowest BCUT2D eigenvalue weighted by Crippen LogP contribution is -2.37. The van der Waals surface area contributed by atoms with E-state index in [4.69, 9.17) is 9.15 Å². The molecule has 2 N–H and O–H groups in total. The van der Waals surface area contributed by atoms with E-state index in [1.165, 1.54) is 11.1 Å². The number of hydrogen-bond acceptors (Lipinski definition) is 4. The molecule has 4 nitrogen and oxygen atoms in total. The first-order chi connectivity index (χ1) is 10.3. The van der Waals surface area contributed by atoms with Gasteiger partial charge in [0, 0.05) is 12.6 Å². The first-order valence-corrected chi connectivity index (χ1v) is 7.39. The van der Waals surface area contributed by atoms with Crippen LogP contribution < -0.4 is 5.32 Å². The van der Waals surface area contributed by atoms with Crippen molar-refractivity contribution < 1.29 is 14.3 Å². The monoisotopic (exact) mass is 287 g/mol. The van der Waals surface area contributed by atoms with E-state index < -0.39 is 6.10 Å². The van der Waals surface area contributed by atoms with Crippen LogP contribution in [0, 0.1) is 0 Å². The largest absolute Gasteiger partial charge is 0.467 e. The summed E-state index contributed by atoms with van der Waals surface area (Å²) >= 11 is 0. The van der Waals surface area contributed by atoms with E-state index in [0.29, 0.717) is 25.8 Å². The summed E-state index contributed by atoms with van der Waals surface area (Å²) in [6.45, 7) is 1.27. The van der Waals surface area contributed by atoms with E-state index in [-0.39, 0.29) is 0 Å². The molecule has 0 fully saturated rings. The summed E-state index contributed by atoms with van der Waals surface area (Å²) in [5, 5.41) is 13.4. The van der Waals surface area contributed by atoms with Crippen LogP contribution in [0.5, 0.6) is 0 Å². The fourth-order valence-electron chi connectivity index (χ4n) is 2.76. The maximum absolute atomic E-state index is 9.94. The summed E-state index contributed by atoms with van der Waals surface area (Å²) < 4.78 is 10.6. The second-order valence-electron chi connectivity index (χ2n) is 5.53. The number of hydrogen-bond donors (Lipinski definition) is 2. The molecule has 1 aromatic heterocycles. The molecule has 4 heteroatoms. The van der Waals surface area contributed by atoms with Gasteiger partial charge in [-0.1, -0.05) is 24.3 Å². The highest BCUT2D eigenvalue weighted by atomic mass is 16.5. The Morgan fingerprint density at radius 3 is 2.62 bits per heavy atom. The van der Waals surface area contributed by atoms with E-state index >= 15 is 0 Å². The maximum Gasteiger partial charge on any atom is 0.129 e. The van der Waals surface area contributed by atoms with Crippen LogP contribution >= 0.6 is 0 Å². The third-order valence-corrected chi connectivity index (χ3v) is 3.83. The molecule has 0 radical (unpaired) electrons. The third-order valence-electron chi connectivity index (χ3n) is 3.83. The second kappa shape index (κ2) is 6.89. The topological polar surface area (TPSA) is 54.6 Å². The Hall–Kier alpha value is -1.62. The number of fused-ring (bicyclic) bond motifs is 1. The fraction of sp³-hybridized carbons (Fsp3) is 0.412. The highest BCUT2D eigenvalue weighted by Gasteiger charge is 2.20. The molecule has 1 aromatic carbocycles. The molecule has 0 spiro atoms. The number of benzene rings is 1. The normalized spacial score (nSPS) is 16.0. The lowest BCUT2D eigenvalue weighted by Gasteiger charge is -2.16. The van der Waals surface area contributed by atoms with Crippen LogP contribution in [-0.4, -0.2) is 30.4 Å². The molecular weight excluding hydrogens is 266 g/mol. The van der Waals surface area contributed by atoms with E-state index in [1.807, 2.05) is 12.1 Å². The molecule has 1 aliphatic carbocycles. The van der Waals surface area contributed by atoms with Crippen molar-refractivity contribution in [2.24, 2.45) is 0 Å². The molecule has 21 heavy (non-hydrogen) atoms. The van der Waals surface area contributed by atoms with E-state index in [9.17, 15) is 5.11 Å². The van der Waals surface area contributed by atoms with Crippen molar-refractivity contribution in [3.63, 3.8) is 0 Å². The molecule has 0 amide bonds. The lowest BCUT2D eigenvalue weighted by molar-refractivity contribution is 0.0216. The van der Waals surface area contributed by atoms with Gasteiger partial charge >= 0.3 is 0 Å². The van der Waals surface area contributed by atoms with Gasteiger partial charge in [0.1, 0.15) is 12.4 Å². The van der Waals surface area contributed by atoms with Crippen LogP contribution in [0.2, 0.25) is 0 Å². The van der Waals surface area contributed by atoms with Crippen molar-refractivity contribution in [1.82, 2.24) is 5.32 Å². The van der Waals surface area contributed by atoms with Crippen LogP contribution in [0.15, 0.2) is 47.1 Å². The summed E-state index contributed by atoms with van der Waals surface area (Å²) in [5.74, 6) is 0.779. The van der Waals surface area contributed by atoms with Gasteiger partial charge in [0.15, 0.2) is 0 Å². The van der Waals surface area contributed by atoms with Gasteiger partial charge in [0.05, 0.1) is 19.0 Å². The van der Waals surface area contributed by atoms with Gasteiger partial charge in [-0.25, -0.2) is 0 Å². The van der Waals surface area contributed by atoms with Crippen LogP contribution in [0.3, 0.4) is 0 Å².